The zero-order chi connectivity index (χ0) is 26.9. The number of rotatable bonds is 8. The molecule has 2 amide bonds. The van der Waals surface area contributed by atoms with Crippen molar-refractivity contribution in [2.24, 2.45) is 0 Å². The van der Waals surface area contributed by atoms with Crippen LogP contribution in [0.4, 0.5) is 5.69 Å². The standard InChI is InChI=1S/C32H25BrN2O3/c1-22-10-12-23(13-11-22)14-19-30(36)25-15-17-28(18-16-25)34-32(38)29(21-24-6-5-9-27(33)20-24)35-31(37)26-7-3-2-4-8-26/h2-21H,1H3,(H,34,38)(H,35,37)/b19-14+,29-21-. The maximum atomic E-state index is 13.2. The van der Waals surface area contributed by atoms with Crippen molar-refractivity contribution in [3.8, 4) is 0 Å². The van der Waals surface area contributed by atoms with Gasteiger partial charge in [-0.2, -0.15) is 0 Å². The van der Waals surface area contributed by atoms with Gasteiger partial charge >= 0.3 is 0 Å². The number of nitrogens with one attached hydrogen (secondary N) is 2. The third kappa shape index (κ3) is 7.48. The third-order valence-electron chi connectivity index (χ3n) is 5.62. The molecule has 38 heavy (non-hydrogen) atoms. The molecule has 0 heterocycles. The molecule has 0 radical (unpaired) electrons. The molecule has 0 saturated carbocycles. The van der Waals surface area contributed by atoms with Gasteiger partial charge in [0.25, 0.3) is 11.8 Å². The second kappa shape index (κ2) is 12.6. The Labute approximate surface area is 230 Å². The molecule has 2 N–H and O–H groups in total. The molecule has 5 nitrogen and oxygen atoms in total. The fourth-order valence-electron chi connectivity index (χ4n) is 3.57. The van der Waals surface area contributed by atoms with Gasteiger partial charge in [-0.1, -0.05) is 82.2 Å². The molecule has 0 bridgehead atoms. The Hall–Kier alpha value is -4.55. The molecule has 0 aromatic heterocycles. The highest BCUT2D eigenvalue weighted by Crippen LogP contribution is 2.17. The minimum absolute atomic E-state index is 0.0816. The van der Waals surface area contributed by atoms with E-state index in [1.54, 1.807) is 60.7 Å². The first-order valence-electron chi connectivity index (χ1n) is 11.9. The third-order valence-corrected chi connectivity index (χ3v) is 6.11. The Morgan fingerprint density at radius 3 is 2.13 bits per heavy atom. The van der Waals surface area contributed by atoms with Gasteiger partial charge in [-0.3, -0.25) is 14.4 Å². The van der Waals surface area contributed by atoms with E-state index in [1.807, 2.05) is 61.5 Å². The number of amides is 2. The van der Waals surface area contributed by atoms with Crippen molar-refractivity contribution in [3.63, 3.8) is 0 Å². The number of anilines is 1. The highest BCUT2D eigenvalue weighted by atomic mass is 79.9. The van der Waals surface area contributed by atoms with Crippen LogP contribution in [0.5, 0.6) is 0 Å². The molecule has 0 atom stereocenters. The van der Waals surface area contributed by atoms with E-state index in [1.165, 1.54) is 6.08 Å². The van der Waals surface area contributed by atoms with Crippen molar-refractivity contribution in [1.82, 2.24) is 5.32 Å². The van der Waals surface area contributed by atoms with Gasteiger partial charge < -0.3 is 10.6 Å². The van der Waals surface area contributed by atoms with E-state index in [4.69, 9.17) is 0 Å². The van der Waals surface area contributed by atoms with E-state index < -0.39 is 11.8 Å². The number of carbonyl (C=O) groups excluding carboxylic acids is 3. The van der Waals surface area contributed by atoms with Crippen molar-refractivity contribution >= 4 is 51.4 Å². The monoisotopic (exact) mass is 564 g/mol. The van der Waals surface area contributed by atoms with Gasteiger partial charge in [0.1, 0.15) is 5.70 Å². The van der Waals surface area contributed by atoms with Crippen molar-refractivity contribution in [3.05, 3.63) is 147 Å². The first kappa shape index (κ1) is 26.5. The molecule has 0 unspecified atom stereocenters. The smallest absolute Gasteiger partial charge is 0.272 e. The molecule has 4 rings (SSSR count). The van der Waals surface area contributed by atoms with Gasteiger partial charge in [0, 0.05) is 21.3 Å². The topological polar surface area (TPSA) is 75.3 Å². The molecular weight excluding hydrogens is 540 g/mol. The maximum absolute atomic E-state index is 13.2. The second-order valence-electron chi connectivity index (χ2n) is 8.57. The fraction of sp³-hybridized carbons (Fsp3) is 0.0312. The Kier molecular flexibility index (Phi) is 8.80. The summed E-state index contributed by atoms with van der Waals surface area (Å²) in [5.74, 6) is -1.04. The zero-order valence-electron chi connectivity index (χ0n) is 20.6. The summed E-state index contributed by atoms with van der Waals surface area (Å²) in [4.78, 5) is 38.5. The Bertz CT molecular complexity index is 1510. The molecule has 0 aliphatic heterocycles. The first-order chi connectivity index (χ1) is 18.4. The Balaban J connectivity index is 1.49. The van der Waals surface area contributed by atoms with E-state index in [0.29, 0.717) is 16.8 Å². The molecule has 0 aliphatic carbocycles. The molecule has 188 valence electrons. The number of benzene rings is 4. The highest BCUT2D eigenvalue weighted by Gasteiger charge is 2.15. The van der Waals surface area contributed by atoms with Gasteiger partial charge in [-0.05, 0) is 78.7 Å². The van der Waals surface area contributed by atoms with Crippen LogP contribution in [-0.4, -0.2) is 17.6 Å². The molecule has 6 heteroatoms. The minimum Gasteiger partial charge on any atom is -0.321 e. The van der Waals surface area contributed by atoms with Crippen LogP contribution in [0, 0.1) is 6.92 Å². The van der Waals surface area contributed by atoms with Crippen LogP contribution in [0.2, 0.25) is 0 Å². The number of halogens is 1. The summed E-state index contributed by atoms with van der Waals surface area (Å²) in [5, 5.41) is 5.52. The van der Waals surface area contributed by atoms with E-state index in [0.717, 1.165) is 21.2 Å². The summed E-state index contributed by atoms with van der Waals surface area (Å²) in [5.41, 5.74) is 4.33. The van der Waals surface area contributed by atoms with Crippen LogP contribution >= 0.6 is 15.9 Å². The Morgan fingerprint density at radius 1 is 0.737 bits per heavy atom. The summed E-state index contributed by atoms with van der Waals surface area (Å²) in [6, 6.07) is 30.5. The quantitative estimate of drug-likeness (QED) is 0.177. The molecule has 4 aromatic carbocycles. The van der Waals surface area contributed by atoms with Crippen molar-refractivity contribution in [2.75, 3.05) is 5.32 Å². The lowest BCUT2D eigenvalue weighted by Crippen LogP contribution is -2.30. The lowest BCUT2D eigenvalue weighted by atomic mass is 10.1. The van der Waals surface area contributed by atoms with E-state index in [9.17, 15) is 14.4 Å². The lowest BCUT2D eigenvalue weighted by Gasteiger charge is -2.12. The molecule has 0 spiro atoms. The van der Waals surface area contributed by atoms with Crippen molar-refractivity contribution in [2.45, 2.75) is 6.92 Å². The van der Waals surface area contributed by atoms with Gasteiger partial charge in [0.15, 0.2) is 5.78 Å². The number of allylic oxidation sites excluding steroid dienone is 1. The van der Waals surface area contributed by atoms with Crippen LogP contribution in [0.25, 0.3) is 12.2 Å². The number of hydrogen-bond acceptors (Lipinski definition) is 3. The predicted octanol–water partition coefficient (Wildman–Crippen LogP) is 7.06. The zero-order valence-corrected chi connectivity index (χ0v) is 22.2. The SMILES string of the molecule is Cc1ccc(/C=C/C(=O)c2ccc(NC(=O)/C(=C/c3cccc(Br)c3)NC(=O)c3ccccc3)cc2)cc1. The maximum Gasteiger partial charge on any atom is 0.272 e. The highest BCUT2D eigenvalue weighted by molar-refractivity contribution is 9.10. The van der Waals surface area contributed by atoms with E-state index in [-0.39, 0.29) is 11.5 Å². The second-order valence-corrected chi connectivity index (χ2v) is 9.49. The first-order valence-corrected chi connectivity index (χ1v) is 12.7. The number of hydrogen-bond donors (Lipinski definition) is 2. The van der Waals surface area contributed by atoms with Crippen LogP contribution in [0.15, 0.2) is 119 Å². The molecular formula is C32H25BrN2O3. The minimum atomic E-state index is -0.493. The predicted molar refractivity (Wildman–Crippen MR) is 156 cm³/mol. The normalized spacial score (nSPS) is 11.3. The summed E-state index contributed by atoms with van der Waals surface area (Å²) >= 11 is 3.43. The van der Waals surface area contributed by atoms with Gasteiger partial charge in [0.2, 0.25) is 0 Å². The molecule has 0 saturated heterocycles. The number of ketones is 1. The van der Waals surface area contributed by atoms with Crippen molar-refractivity contribution < 1.29 is 14.4 Å². The average molecular weight is 565 g/mol. The van der Waals surface area contributed by atoms with Crippen LogP contribution in [0.3, 0.4) is 0 Å². The fourth-order valence-corrected chi connectivity index (χ4v) is 3.98. The summed E-state index contributed by atoms with van der Waals surface area (Å²) in [6.45, 7) is 2.01. The van der Waals surface area contributed by atoms with E-state index in [2.05, 4.69) is 26.6 Å². The van der Waals surface area contributed by atoms with Crippen LogP contribution in [0.1, 0.15) is 37.4 Å². The van der Waals surface area contributed by atoms with Crippen LogP contribution < -0.4 is 10.6 Å². The van der Waals surface area contributed by atoms with Gasteiger partial charge in [-0.25, -0.2) is 0 Å². The summed E-state index contributed by atoms with van der Waals surface area (Å²) < 4.78 is 0.845. The van der Waals surface area contributed by atoms with Gasteiger partial charge in [-0.15, -0.1) is 0 Å². The van der Waals surface area contributed by atoms with E-state index >= 15 is 0 Å². The molecule has 0 aliphatic rings. The average Bonchev–Trinajstić information content (AvgIpc) is 2.93. The number of aryl methyl sites for hydroxylation is 1. The Morgan fingerprint density at radius 2 is 1.45 bits per heavy atom. The van der Waals surface area contributed by atoms with Crippen molar-refractivity contribution in [1.29, 1.82) is 0 Å². The largest absolute Gasteiger partial charge is 0.321 e. The summed E-state index contributed by atoms with van der Waals surface area (Å²) in [6.07, 6.45) is 4.90. The number of carbonyl (C=O) groups is 3. The lowest BCUT2D eigenvalue weighted by molar-refractivity contribution is -0.113. The van der Waals surface area contributed by atoms with Crippen LogP contribution in [-0.2, 0) is 4.79 Å². The summed E-state index contributed by atoms with van der Waals surface area (Å²) in [7, 11) is 0. The van der Waals surface area contributed by atoms with Gasteiger partial charge in [0.05, 0.1) is 0 Å². The molecule has 4 aromatic rings. The molecule has 0 fully saturated rings.